The van der Waals surface area contributed by atoms with Crippen LogP contribution >= 0.6 is 34.7 Å². The van der Waals surface area contributed by atoms with Gasteiger partial charge in [-0.3, -0.25) is 4.79 Å². The lowest BCUT2D eigenvalue weighted by molar-refractivity contribution is -0.120. The second kappa shape index (κ2) is 10.8. The van der Waals surface area contributed by atoms with E-state index in [2.05, 4.69) is 32.6 Å². The zero-order valence-corrected chi connectivity index (χ0v) is 19.9. The van der Waals surface area contributed by atoms with Crippen molar-refractivity contribution in [3.63, 3.8) is 0 Å². The van der Waals surface area contributed by atoms with Crippen molar-refractivity contribution < 1.29 is 4.79 Å². The summed E-state index contributed by atoms with van der Waals surface area (Å²) in [5, 5.41) is 16.1. The van der Waals surface area contributed by atoms with E-state index in [0.29, 0.717) is 24.7 Å². The van der Waals surface area contributed by atoms with Gasteiger partial charge in [0.15, 0.2) is 11.0 Å². The molecule has 0 aliphatic rings. The number of carbonyl (C=O) groups excluding carboxylic acids is 1. The van der Waals surface area contributed by atoms with Crippen LogP contribution in [-0.2, 0) is 30.1 Å². The molecule has 0 unspecified atom stereocenters. The fourth-order valence-corrected chi connectivity index (χ4v) is 4.99. The third-order valence-corrected chi connectivity index (χ3v) is 6.95. The number of thiazole rings is 1. The van der Waals surface area contributed by atoms with Crippen LogP contribution in [0.15, 0.2) is 65.1 Å². The Morgan fingerprint density at radius 1 is 1.12 bits per heavy atom. The minimum atomic E-state index is -0.0881. The molecule has 32 heavy (non-hydrogen) atoms. The summed E-state index contributed by atoms with van der Waals surface area (Å²) >= 11 is 9.43. The summed E-state index contributed by atoms with van der Waals surface area (Å²) in [5.41, 5.74) is 2.96. The zero-order valence-electron chi connectivity index (χ0n) is 17.5. The quantitative estimate of drug-likeness (QED) is 0.343. The summed E-state index contributed by atoms with van der Waals surface area (Å²) in [7, 11) is 0. The Balaban J connectivity index is 1.48. The number of nitrogens with zero attached hydrogens (tertiary/aromatic N) is 4. The van der Waals surface area contributed by atoms with Crippen LogP contribution in [0.25, 0.3) is 0 Å². The molecule has 2 heterocycles. The van der Waals surface area contributed by atoms with Gasteiger partial charge < -0.3 is 9.88 Å². The van der Waals surface area contributed by atoms with Crippen LogP contribution in [0.5, 0.6) is 0 Å². The number of thioether (sulfide) groups is 1. The normalized spacial score (nSPS) is 10.9. The minimum Gasteiger partial charge on any atom is -0.348 e. The number of amides is 1. The van der Waals surface area contributed by atoms with Gasteiger partial charge in [0.1, 0.15) is 0 Å². The molecule has 164 valence electrons. The molecule has 9 heteroatoms. The van der Waals surface area contributed by atoms with Crippen molar-refractivity contribution in [1.82, 2.24) is 25.1 Å². The molecule has 0 atom stereocenters. The molecule has 0 aliphatic heterocycles. The van der Waals surface area contributed by atoms with Gasteiger partial charge in [-0.25, -0.2) is 4.98 Å². The van der Waals surface area contributed by atoms with Crippen LogP contribution in [0, 0.1) is 6.92 Å². The summed E-state index contributed by atoms with van der Waals surface area (Å²) in [6.07, 6.45) is 0.255. The maximum absolute atomic E-state index is 12.4. The SMILES string of the molecule is Cc1nc(CC(=O)NCc2nnc(SCc3ccccc3Cl)n2Cc2ccccc2)cs1. The van der Waals surface area contributed by atoms with Crippen molar-refractivity contribution in [1.29, 1.82) is 0 Å². The first-order valence-corrected chi connectivity index (χ1v) is 12.3. The monoisotopic (exact) mass is 483 g/mol. The van der Waals surface area contributed by atoms with Crippen molar-refractivity contribution in [2.75, 3.05) is 0 Å². The fraction of sp³-hybridized carbons (Fsp3) is 0.217. The lowest BCUT2D eigenvalue weighted by Crippen LogP contribution is -2.26. The van der Waals surface area contributed by atoms with E-state index in [4.69, 9.17) is 11.6 Å². The largest absolute Gasteiger partial charge is 0.348 e. The standard InChI is InChI=1S/C23H22ClN5OS2/c1-16-26-19(15-31-16)11-22(30)25-12-21-27-28-23(29(21)13-17-7-3-2-4-8-17)32-14-18-9-5-6-10-20(18)24/h2-10,15H,11-14H2,1H3,(H,25,30). The second-order valence-corrected chi connectivity index (χ2v) is 9.57. The molecule has 0 bridgehead atoms. The molecule has 6 nitrogen and oxygen atoms in total. The van der Waals surface area contributed by atoms with Gasteiger partial charge in [-0.15, -0.1) is 21.5 Å². The van der Waals surface area contributed by atoms with Crippen LogP contribution in [0.1, 0.15) is 27.7 Å². The maximum Gasteiger partial charge on any atom is 0.226 e. The van der Waals surface area contributed by atoms with E-state index < -0.39 is 0 Å². The van der Waals surface area contributed by atoms with Crippen molar-refractivity contribution in [3.8, 4) is 0 Å². The fourth-order valence-electron chi connectivity index (χ4n) is 3.13. The van der Waals surface area contributed by atoms with E-state index >= 15 is 0 Å². The summed E-state index contributed by atoms with van der Waals surface area (Å²) in [6, 6.07) is 17.9. The van der Waals surface area contributed by atoms with Crippen molar-refractivity contribution in [2.24, 2.45) is 0 Å². The third-order valence-electron chi connectivity index (χ3n) is 4.74. The van der Waals surface area contributed by atoms with E-state index in [9.17, 15) is 4.79 Å². The lowest BCUT2D eigenvalue weighted by atomic mass is 10.2. The van der Waals surface area contributed by atoms with Gasteiger partial charge in [0.25, 0.3) is 0 Å². The van der Waals surface area contributed by atoms with Gasteiger partial charge in [-0.2, -0.15) is 0 Å². The molecule has 4 rings (SSSR count). The minimum absolute atomic E-state index is 0.0881. The molecule has 2 aromatic heterocycles. The van der Waals surface area contributed by atoms with Crippen LogP contribution < -0.4 is 5.32 Å². The number of nitrogens with one attached hydrogen (secondary N) is 1. The Hall–Kier alpha value is -2.68. The molecule has 1 amide bonds. The third kappa shape index (κ3) is 5.97. The molecule has 0 saturated carbocycles. The first-order valence-electron chi connectivity index (χ1n) is 10.1. The van der Waals surface area contributed by atoms with Crippen LogP contribution in [-0.4, -0.2) is 25.7 Å². The summed E-state index contributed by atoms with van der Waals surface area (Å²) < 4.78 is 2.05. The van der Waals surface area contributed by atoms with Crippen molar-refractivity contribution in [3.05, 3.63) is 92.7 Å². The number of aromatic nitrogens is 4. The van der Waals surface area contributed by atoms with Crippen LogP contribution in [0.4, 0.5) is 0 Å². The second-order valence-electron chi connectivity index (χ2n) is 7.16. The molecule has 0 radical (unpaired) electrons. The smallest absolute Gasteiger partial charge is 0.226 e. The lowest BCUT2D eigenvalue weighted by Gasteiger charge is -2.11. The number of halogens is 1. The summed E-state index contributed by atoms with van der Waals surface area (Å²) in [4.78, 5) is 16.7. The topological polar surface area (TPSA) is 72.7 Å². The number of aryl methyl sites for hydroxylation is 1. The van der Waals surface area contributed by atoms with Gasteiger partial charge in [0, 0.05) is 16.2 Å². The number of rotatable bonds is 9. The Kier molecular flexibility index (Phi) is 7.57. The van der Waals surface area contributed by atoms with Crippen LogP contribution in [0.2, 0.25) is 5.02 Å². The Morgan fingerprint density at radius 2 is 1.91 bits per heavy atom. The number of carbonyl (C=O) groups is 1. The van der Waals surface area contributed by atoms with Gasteiger partial charge in [0.05, 0.1) is 30.2 Å². The molecule has 0 saturated heterocycles. The number of hydrogen-bond acceptors (Lipinski definition) is 6. The molecule has 1 N–H and O–H groups in total. The maximum atomic E-state index is 12.4. The Morgan fingerprint density at radius 3 is 2.66 bits per heavy atom. The number of benzene rings is 2. The summed E-state index contributed by atoms with van der Waals surface area (Å²) in [5.74, 6) is 1.30. The van der Waals surface area contributed by atoms with Crippen molar-refractivity contribution in [2.45, 2.75) is 37.3 Å². The molecular weight excluding hydrogens is 462 g/mol. The highest BCUT2D eigenvalue weighted by Gasteiger charge is 2.15. The molecule has 0 spiro atoms. The van der Waals surface area contributed by atoms with E-state index in [-0.39, 0.29) is 12.3 Å². The van der Waals surface area contributed by atoms with E-state index in [0.717, 1.165) is 32.0 Å². The van der Waals surface area contributed by atoms with E-state index in [1.165, 1.54) is 0 Å². The summed E-state index contributed by atoms with van der Waals surface area (Å²) in [6.45, 7) is 2.85. The zero-order chi connectivity index (χ0) is 22.3. The van der Waals surface area contributed by atoms with Crippen molar-refractivity contribution >= 4 is 40.6 Å². The first-order chi connectivity index (χ1) is 15.6. The average Bonchev–Trinajstić information content (AvgIpc) is 3.38. The van der Waals surface area contributed by atoms with E-state index in [1.54, 1.807) is 23.1 Å². The highest BCUT2D eigenvalue weighted by molar-refractivity contribution is 7.98. The first kappa shape index (κ1) is 22.5. The predicted octanol–water partition coefficient (Wildman–Crippen LogP) is 4.90. The molecule has 4 aromatic rings. The van der Waals surface area contributed by atoms with Gasteiger partial charge in [-0.05, 0) is 24.1 Å². The average molecular weight is 484 g/mol. The van der Waals surface area contributed by atoms with E-state index in [1.807, 2.05) is 59.3 Å². The van der Waals surface area contributed by atoms with Gasteiger partial charge in [0.2, 0.25) is 5.91 Å². The molecule has 0 aliphatic carbocycles. The Labute approximate surface area is 200 Å². The highest BCUT2D eigenvalue weighted by Crippen LogP contribution is 2.26. The molecule has 2 aromatic carbocycles. The van der Waals surface area contributed by atoms with Gasteiger partial charge in [-0.1, -0.05) is 71.9 Å². The van der Waals surface area contributed by atoms with Gasteiger partial charge >= 0.3 is 0 Å². The number of hydrogen-bond donors (Lipinski definition) is 1. The van der Waals surface area contributed by atoms with Crippen LogP contribution in [0.3, 0.4) is 0 Å². The highest BCUT2D eigenvalue weighted by atomic mass is 35.5. The molecular formula is C23H22ClN5OS2. The predicted molar refractivity (Wildman–Crippen MR) is 129 cm³/mol. The molecule has 0 fully saturated rings. The Bertz CT molecular complexity index is 1190.